The summed E-state index contributed by atoms with van der Waals surface area (Å²) in [6.07, 6.45) is 0.389. The van der Waals surface area contributed by atoms with Crippen LogP contribution in [0.5, 0.6) is 5.75 Å². The number of benzene rings is 2. The van der Waals surface area contributed by atoms with Crippen LogP contribution in [0, 0.1) is 0 Å². The maximum atomic E-state index is 13.8. The fourth-order valence-electron chi connectivity index (χ4n) is 4.98. The molecular weight excluding hydrogens is 568 g/mol. The molecule has 12 nitrogen and oxygen atoms in total. The average Bonchev–Trinajstić information content (AvgIpc) is 3.79. The van der Waals surface area contributed by atoms with Gasteiger partial charge >= 0.3 is 0 Å². The SMILES string of the molecule is COCC(NC(=O)CN1CCOCC1)C(=O)NC(Cc1ccc(OC)cc1)C(=O)NC(Cc1ccccc1)C(=O)C1(C)CO1. The fourth-order valence-corrected chi connectivity index (χ4v) is 4.98. The number of carbonyl (C=O) groups is 4. The first-order valence-electron chi connectivity index (χ1n) is 14.7. The second kappa shape index (κ2) is 15.8. The number of Topliss-reactive ketones (excluding diaryl/α,β-unsaturated/α-hetero) is 1. The molecule has 0 radical (unpaired) electrons. The molecule has 12 heteroatoms. The Morgan fingerprint density at radius 1 is 0.841 bits per heavy atom. The molecule has 3 N–H and O–H groups in total. The van der Waals surface area contributed by atoms with Crippen molar-refractivity contribution in [2.75, 3.05) is 60.3 Å². The van der Waals surface area contributed by atoms with E-state index in [0.29, 0.717) is 32.1 Å². The molecule has 2 aliphatic heterocycles. The van der Waals surface area contributed by atoms with Crippen molar-refractivity contribution in [3.63, 3.8) is 0 Å². The second-order valence-corrected chi connectivity index (χ2v) is 11.2. The van der Waals surface area contributed by atoms with Crippen molar-refractivity contribution in [3.05, 3.63) is 65.7 Å². The number of epoxide rings is 1. The zero-order valence-electron chi connectivity index (χ0n) is 25.5. The van der Waals surface area contributed by atoms with E-state index >= 15 is 0 Å². The van der Waals surface area contributed by atoms with Gasteiger partial charge in [0, 0.05) is 26.6 Å². The lowest BCUT2D eigenvalue weighted by atomic mass is 9.94. The van der Waals surface area contributed by atoms with E-state index in [4.69, 9.17) is 18.9 Å². The van der Waals surface area contributed by atoms with E-state index in [1.165, 1.54) is 7.11 Å². The number of hydrogen-bond donors (Lipinski definition) is 3. The van der Waals surface area contributed by atoms with Crippen molar-refractivity contribution >= 4 is 23.5 Å². The van der Waals surface area contributed by atoms with Crippen LogP contribution in [0.1, 0.15) is 18.1 Å². The molecule has 4 unspecified atom stereocenters. The highest BCUT2D eigenvalue weighted by Gasteiger charge is 2.50. The predicted molar refractivity (Wildman–Crippen MR) is 161 cm³/mol. The minimum atomic E-state index is -1.06. The van der Waals surface area contributed by atoms with Gasteiger partial charge in [0.25, 0.3) is 0 Å². The normalized spacial score (nSPS) is 20.1. The van der Waals surface area contributed by atoms with Gasteiger partial charge in [0.05, 0.1) is 46.1 Å². The second-order valence-electron chi connectivity index (χ2n) is 11.2. The van der Waals surface area contributed by atoms with Gasteiger partial charge in [-0.2, -0.15) is 0 Å². The summed E-state index contributed by atoms with van der Waals surface area (Å²) in [5.41, 5.74) is 0.666. The molecule has 0 aliphatic carbocycles. The van der Waals surface area contributed by atoms with Crippen LogP contribution in [0.25, 0.3) is 0 Å². The average molecular weight is 611 g/mol. The van der Waals surface area contributed by atoms with Gasteiger partial charge in [-0.25, -0.2) is 0 Å². The first kappa shape index (κ1) is 33.1. The van der Waals surface area contributed by atoms with E-state index in [1.54, 1.807) is 38.3 Å². The highest BCUT2D eigenvalue weighted by atomic mass is 16.6. The number of nitrogens with one attached hydrogen (secondary N) is 3. The molecule has 2 heterocycles. The highest BCUT2D eigenvalue weighted by Crippen LogP contribution is 2.29. The molecule has 2 aliphatic rings. The molecule has 0 saturated carbocycles. The van der Waals surface area contributed by atoms with E-state index in [-0.39, 0.29) is 44.3 Å². The molecule has 2 aromatic carbocycles. The molecule has 0 bridgehead atoms. The fraction of sp³-hybridized carbons (Fsp3) is 0.500. The number of morpholine rings is 1. The summed E-state index contributed by atoms with van der Waals surface area (Å²) in [6, 6.07) is 13.5. The summed E-state index contributed by atoms with van der Waals surface area (Å²) in [5.74, 6) is -1.06. The Balaban J connectivity index is 1.50. The third-order valence-corrected chi connectivity index (χ3v) is 7.70. The van der Waals surface area contributed by atoms with Gasteiger partial charge in [-0.05, 0) is 36.6 Å². The van der Waals surface area contributed by atoms with Crippen molar-refractivity contribution < 1.29 is 38.1 Å². The molecular formula is C32H42N4O8. The van der Waals surface area contributed by atoms with Gasteiger partial charge in [-0.15, -0.1) is 0 Å². The number of nitrogens with zero attached hydrogens (tertiary/aromatic N) is 1. The largest absolute Gasteiger partial charge is 0.497 e. The standard InChI is InChI=1S/C32H42N4O8/c1-32(21-44-32)29(38)25(17-22-7-5-4-6-8-22)34-30(39)26(18-23-9-11-24(42-3)12-10-23)35-31(40)27(20-41-2)33-28(37)19-36-13-15-43-16-14-36/h4-12,25-27H,13-21H2,1-3H3,(H,33,37)(H,34,39)(H,35,40). The van der Waals surface area contributed by atoms with Crippen molar-refractivity contribution in [1.29, 1.82) is 0 Å². The number of methoxy groups -OCH3 is 2. The van der Waals surface area contributed by atoms with E-state index in [2.05, 4.69) is 16.0 Å². The number of rotatable bonds is 16. The topological polar surface area (TPSA) is 148 Å². The minimum Gasteiger partial charge on any atom is -0.497 e. The zero-order chi connectivity index (χ0) is 31.5. The monoisotopic (exact) mass is 610 g/mol. The predicted octanol–water partition coefficient (Wildman–Crippen LogP) is 0.271. The Morgan fingerprint density at radius 3 is 2.05 bits per heavy atom. The van der Waals surface area contributed by atoms with Crippen molar-refractivity contribution in [2.24, 2.45) is 0 Å². The van der Waals surface area contributed by atoms with Gasteiger partial charge < -0.3 is 34.9 Å². The summed E-state index contributed by atoms with van der Waals surface area (Å²) < 4.78 is 21.2. The molecule has 2 aromatic rings. The third-order valence-electron chi connectivity index (χ3n) is 7.70. The van der Waals surface area contributed by atoms with Crippen molar-refractivity contribution in [3.8, 4) is 5.75 Å². The lowest BCUT2D eigenvalue weighted by Gasteiger charge is -2.28. The van der Waals surface area contributed by atoms with Crippen LogP contribution in [-0.2, 0) is 46.2 Å². The minimum absolute atomic E-state index is 0.0949. The quantitative estimate of drug-likeness (QED) is 0.228. The van der Waals surface area contributed by atoms with Crippen LogP contribution >= 0.6 is 0 Å². The maximum Gasteiger partial charge on any atom is 0.245 e. The number of ketones is 1. The lowest BCUT2D eigenvalue weighted by molar-refractivity contribution is -0.135. The van der Waals surface area contributed by atoms with E-state index in [1.807, 2.05) is 35.2 Å². The summed E-state index contributed by atoms with van der Waals surface area (Å²) in [4.78, 5) is 55.5. The molecule has 4 atom stereocenters. The van der Waals surface area contributed by atoms with E-state index in [9.17, 15) is 19.2 Å². The molecule has 2 fully saturated rings. The van der Waals surface area contributed by atoms with Crippen LogP contribution < -0.4 is 20.7 Å². The number of carbonyl (C=O) groups excluding carboxylic acids is 4. The maximum absolute atomic E-state index is 13.8. The van der Waals surface area contributed by atoms with Crippen LogP contribution in [0.2, 0.25) is 0 Å². The number of ether oxygens (including phenoxy) is 4. The Kier molecular flexibility index (Phi) is 11.8. The van der Waals surface area contributed by atoms with E-state index < -0.39 is 35.5 Å². The van der Waals surface area contributed by atoms with Crippen LogP contribution in [0.15, 0.2) is 54.6 Å². The van der Waals surface area contributed by atoms with Crippen LogP contribution in [0.3, 0.4) is 0 Å². The van der Waals surface area contributed by atoms with Crippen molar-refractivity contribution in [2.45, 2.75) is 43.5 Å². The first-order valence-corrected chi connectivity index (χ1v) is 14.7. The zero-order valence-corrected chi connectivity index (χ0v) is 25.5. The lowest BCUT2D eigenvalue weighted by Crippen LogP contribution is -2.59. The molecule has 3 amide bonds. The van der Waals surface area contributed by atoms with Gasteiger partial charge in [0.2, 0.25) is 17.7 Å². The van der Waals surface area contributed by atoms with Crippen LogP contribution in [0.4, 0.5) is 0 Å². The van der Waals surface area contributed by atoms with Crippen LogP contribution in [-0.4, -0.2) is 112 Å². The van der Waals surface area contributed by atoms with Gasteiger partial charge in [0.1, 0.15) is 23.4 Å². The number of hydrogen-bond acceptors (Lipinski definition) is 9. The number of amides is 3. The molecule has 44 heavy (non-hydrogen) atoms. The Morgan fingerprint density at radius 2 is 1.43 bits per heavy atom. The molecule has 238 valence electrons. The Hall–Kier alpha value is -3.84. The third kappa shape index (κ3) is 9.58. The Labute approximate surface area is 257 Å². The summed E-state index contributed by atoms with van der Waals surface area (Å²) in [7, 11) is 2.99. The summed E-state index contributed by atoms with van der Waals surface area (Å²) >= 11 is 0. The highest BCUT2D eigenvalue weighted by molar-refractivity contribution is 5.98. The summed E-state index contributed by atoms with van der Waals surface area (Å²) in [6.45, 7) is 4.30. The molecule has 0 aromatic heterocycles. The van der Waals surface area contributed by atoms with E-state index in [0.717, 1.165) is 11.1 Å². The summed E-state index contributed by atoms with van der Waals surface area (Å²) in [5, 5.41) is 8.41. The molecule has 4 rings (SSSR count). The van der Waals surface area contributed by atoms with Gasteiger partial charge in [-0.3, -0.25) is 24.1 Å². The molecule has 0 spiro atoms. The first-order chi connectivity index (χ1) is 21.2. The van der Waals surface area contributed by atoms with Crippen molar-refractivity contribution in [1.82, 2.24) is 20.9 Å². The van der Waals surface area contributed by atoms with Gasteiger partial charge in [-0.1, -0.05) is 42.5 Å². The Bertz CT molecular complexity index is 1260. The van der Waals surface area contributed by atoms with Gasteiger partial charge in [0.15, 0.2) is 5.78 Å². The molecule has 2 saturated heterocycles. The smallest absolute Gasteiger partial charge is 0.245 e.